The molecule has 0 saturated carbocycles. The lowest BCUT2D eigenvalue weighted by Gasteiger charge is -2.06. The fourth-order valence-electron chi connectivity index (χ4n) is 0.900. The van der Waals surface area contributed by atoms with Crippen LogP contribution in [0.1, 0.15) is 17.4 Å². The van der Waals surface area contributed by atoms with E-state index in [-0.39, 0.29) is 12.5 Å². The van der Waals surface area contributed by atoms with Crippen molar-refractivity contribution in [2.45, 2.75) is 6.92 Å². The number of H-pyrrole nitrogens is 1. The predicted molar refractivity (Wildman–Crippen MR) is 49.9 cm³/mol. The molecule has 0 saturated heterocycles. The van der Waals surface area contributed by atoms with Crippen LogP contribution in [0.4, 0.5) is 0 Å². The van der Waals surface area contributed by atoms with Crippen molar-refractivity contribution >= 4 is 11.9 Å². The number of carbonyl (C=O) groups is 2. The SMILES string of the molecule is C[C@H](CNC(=O)c1ccc[nH]1)C(=O)O. The highest BCUT2D eigenvalue weighted by atomic mass is 16.4. The highest BCUT2D eigenvalue weighted by molar-refractivity contribution is 5.92. The van der Waals surface area contributed by atoms with Crippen LogP contribution in [0.5, 0.6) is 0 Å². The van der Waals surface area contributed by atoms with E-state index >= 15 is 0 Å². The third kappa shape index (κ3) is 2.62. The minimum absolute atomic E-state index is 0.132. The Bertz CT molecular complexity index is 319. The van der Waals surface area contributed by atoms with Gasteiger partial charge in [0.15, 0.2) is 0 Å². The van der Waals surface area contributed by atoms with Gasteiger partial charge in [0.05, 0.1) is 5.92 Å². The predicted octanol–water partition coefficient (Wildman–Crippen LogP) is 0.465. The number of rotatable bonds is 4. The summed E-state index contributed by atoms with van der Waals surface area (Å²) in [5.74, 6) is -1.78. The second kappa shape index (κ2) is 4.45. The summed E-state index contributed by atoms with van der Waals surface area (Å²) in [4.78, 5) is 24.5. The second-order valence-corrected chi connectivity index (χ2v) is 3.03. The van der Waals surface area contributed by atoms with Crippen LogP contribution in [0.2, 0.25) is 0 Å². The zero-order valence-electron chi connectivity index (χ0n) is 7.78. The van der Waals surface area contributed by atoms with Crippen LogP contribution in [0.25, 0.3) is 0 Å². The molecule has 0 aliphatic rings. The Hall–Kier alpha value is -1.78. The zero-order valence-corrected chi connectivity index (χ0v) is 7.78. The first-order valence-electron chi connectivity index (χ1n) is 4.25. The van der Waals surface area contributed by atoms with Crippen molar-refractivity contribution in [3.63, 3.8) is 0 Å². The van der Waals surface area contributed by atoms with Gasteiger partial charge >= 0.3 is 5.97 Å². The summed E-state index contributed by atoms with van der Waals surface area (Å²) in [7, 11) is 0. The minimum Gasteiger partial charge on any atom is -0.481 e. The third-order valence-electron chi connectivity index (χ3n) is 1.83. The third-order valence-corrected chi connectivity index (χ3v) is 1.83. The van der Waals surface area contributed by atoms with Crippen LogP contribution >= 0.6 is 0 Å². The van der Waals surface area contributed by atoms with Crippen molar-refractivity contribution < 1.29 is 14.7 Å². The van der Waals surface area contributed by atoms with Gasteiger partial charge < -0.3 is 15.4 Å². The summed E-state index contributed by atoms with van der Waals surface area (Å²) in [5, 5.41) is 11.1. The van der Waals surface area contributed by atoms with Crippen molar-refractivity contribution in [1.29, 1.82) is 0 Å². The van der Waals surface area contributed by atoms with E-state index < -0.39 is 11.9 Å². The number of carboxylic acid groups (broad SMARTS) is 1. The molecule has 1 aromatic heterocycles. The highest BCUT2D eigenvalue weighted by Crippen LogP contribution is 1.96. The van der Waals surface area contributed by atoms with E-state index in [1.807, 2.05) is 0 Å². The number of amides is 1. The van der Waals surface area contributed by atoms with E-state index in [2.05, 4.69) is 10.3 Å². The molecule has 1 rings (SSSR count). The Morgan fingerprint density at radius 1 is 1.64 bits per heavy atom. The topological polar surface area (TPSA) is 82.2 Å². The van der Waals surface area contributed by atoms with Gasteiger partial charge in [-0.2, -0.15) is 0 Å². The molecule has 1 amide bonds. The van der Waals surface area contributed by atoms with E-state index in [0.717, 1.165) is 0 Å². The Labute approximate surface area is 81.1 Å². The molecule has 1 heterocycles. The Morgan fingerprint density at radius 2 is 2.36 bits per heavy atom. The number of aromatic amines is 1. The van der Waals surface area contributed by atoms with Gasteiger partial charge in [-0.15, -0.1) is 0 Å². The van der Waals surface area contributed by atoms with Crippen LogP contribution in [-0.4, -0.2) is 28.5 Å². The smallest absolute Gasteiger partial charge is 0.308 e. The number of aliphatic carboxylic acids is 1. The summed E-state index contributed by atoms with van der Waals surface area (Å²) < 4.78 is 0. The van der Waals surface area contributed by atoms with Gasteiger partial charge in [-0.05, 0) is 12.1 Å². The van der Waals surface area contributed by atoms with Crippen LogP contribution in [0.15, 0.2) is 18.3 Å². The van der Waals surface area contributed by atoms with Gasteiger partial charge in [0.1, 0.15) is 5.69 Å². The molecule has 0 radical (unpaired) electrons. The molecule has 5 nitrogen and oxygen atoms in total. The minimum atomic E-state index is -0.920. The summed E-state index contributed by atoms with van der Waals surface area (Å²) in [6.45, 7) is 1.67. The second-order valence-electron chi connectivity index (χ2n) is 3.03. The molecule has 5 heteroatoms. The molecule has 0 aromatic carbocycles. The van der Waals surface area contributed by atoms with Crippen molar-refractivity contribution in [3.05, 3.63) is 24.0 Å². The fraction of sp³-hybridized carbons (Fsp3) is 0.333. The number of aromatic nitrogens is 1. The van der Waals surface area contributed by atoms with Gasteiger partial charge in [-0.25, -0.2) is 0 Å². The molecule has 3 N–H and O–H groups in total. The Morgan fingerprint density at radius 3 is 2.86 bits per heavy atom. The largest absolute Gasteiger partial charge is 0.481 e. The van der Waals surface area contributed by atoms with E-state index in [1.165, 1.54) is 6.92 Å². The molecule has 0 bridgehead atoms. The lowest BCUT2D eigenvalue weighted by Crippen LogP contribution is -2.31. The van der Waals surface area contributed by atoms with Crippen molar-refractivity contribution in [2.75, 3.05) is 6.54 Å². The molecule has 0 unspecified atom stereocenters. The van der Waals surface area contributed by atoms with Crippen molar-refractivity contribution in [1.82, 2.24) is 10.3 Å². The Balaban J connectivity index is 2.40. The molecule has 76 valence electrons. The molecular formula is C9H12N2O3. The maximum absolute atomic E-state index is 11.3. The number of hydrogen-bond acceptors (Lipinski definition) is 2. The van der Waals surface area contributed by atoms with Gasteiger partial charge in [0.2, 0.25) is 0 Å². The van der Waals surface area contributed by atoms with Crippen molar-refractivity contribution in [3.8, 4) is 0 Å². The molecular weight excluding hydrogens is 184 g/mol. The lowest BCUT2D eigenvalue weighted by molar-refractivity contribution is -0.140. The molecule has 0 spiro atoms. The first kappa shape index (κ1) is 10.3. The molecule has 14 heavy (non-hydrogen) atoms. The zero-order chi connectivity index (χ0) is 10.6. The number of nitrogens with one attached hydrogen (secondary N) is 2. The molecule has 0 aliphatic heterocycles. The number of carboxylic acids is 1. The summed E-state index contributed by atoms with van der Waals surface area (Å²) in [6, 6.07) is 3.33. The maximum Gasteiger partial charge on any atom is 0.308 e. The van der Waals surface area contributed by atoms with E-state index in [4.69, 9.17) is 5.11 Å². The van der Waals surface area contributed by atoms with Crippen LogP contribution < -0.4 is 5.32 Å². The average Bonchev–Trinajstić information content (AvgIpc) is 2.66. The van der Waals surface area contributed by atoms with E-state index in [1.54, 1.807) is 18.3 Å². The quantitative estimate of drug-likeness (QED) is 0.654. The summed E-state index contributed by atoms with van der Waals surface area (Å²) in [6.07, 6.45) is 1.63. The Kier molecular flexibility index (Phi) is 3.28. The van der Waals surface area contributed by atoms with Gasteiger partial charge in [0.25, 0.3) is 5.91 Å². The van der Waals surface area contributed by atoms with Crippen LogP contribution in [0.3, 0.4) is 0 Å². The lowest BCUT2D eigenvalue weighted by atomic mass is 10.2. The van der Waals surface area contributed by atoms with Gasteiger partial charge in [-0.1, -0.05) is 6.92 Å². The summed E-state index contributed by atoms with van der Waals surface area (Å²) >= 11 is 0. The standard InChI is InChI=1S/C9H12N2O3/c1-6(9(13)14)5-11-8(12)7-3-2-4-10-7/h2-4,6,10H,5H2,1H3,(H,11,12)(H,13,14)/t6-/m1/s1. The van der Waals surface area contributed by atoms with Crippen LogP contribution in [0, 0.1) is 5.92 Å². The van der Waals surface area contributed by atoms with E-state index in [9.17, 15) is 9.59 Å². The first-order chi connectivity index (χ1) is 6.61. The molecule has 1 aromatic rings. The average molecular weight is 196 g/mol. The van der Waals surface area contributed by atoms with Crippen molar-refractivity contribution in [2.24, 2.45) is 5.92 Å². The van der Waals surface area contributed by atoms with Crippen LogP contribution in [-0.2, 0) is 4.79 Å². The summed E-state index contributed by atoms with van der Waals surface area (Å²) in [5.41, 5.74) is 0.433. The van der Waals surface area contributed by atoms with Gasteiger partial charge in [-0.3, -0.25) is 9.59 Å². The molecule has 0 aliphatic carbocycles. The molecule has 0 fully saturated rings. The first-order valence-corrected chi connectivity index (χ1v) is 4.25. The van der Waals surface area contributed by atoms with Gasteiger partial charge in [0, 0.05) is 12.7 Å². The number of carbonyl (C=O) groups excluding carboxylic acids is 1. The maximum atomic E-state index is 11.3. The molecule has 1 atom stereocenters. The fourth-order valence-corrected chi connectivity index (χ4v) is 0.900. The highest BCUT2D eigenvalue weighted by Gasteiger charge is 2.12. The normalized spacial score (nSPS) is 12.1. The monoisotopic (exact) mass is 196 g/mol. The number of hydrogen-bond donors (Lipinski definition) is 3. The van der Waals surface area contributed by atoms with E-state index in [0.29, 0.717) is 5.69 Å².